The number of carbonyl (C=O) groups excluding carboxylic acids is 2. The minimum atomic E-state index is -0.748. The van der Waals surface area contributed by atoms with Crippen LogP contribution >= 0.6 is 0 Å². The molecule has 0 bridgehead atoms. The van der Waals surface area contributed by atoms with Crippen molar-refractivity contribution in [3.8, 4) is 0 Å². The third kappa shape index (κ3) is 4.56. The molecule has 1 amide bonds. The molecule has 5 nitrogen and oxygen atoms in total. The number of nitrogens with one attached hydrogen (secondary N) is 1. The van der Waals surface area contributed by atoms with Crippen LogP contribution in [0, 0.1) is 5.92 Å². The molecule has 0 aliphatic heterocycles. The van der Waals surface area contributed by atoms with E-state index < -0.39 is 18.1 Å². The fourth-order valence-electron chi connectivity index (χ4n) is 2.05. The van der Waals surface area contributed by atoms with E-state index in [-0.39, 0.29) is 11.8 Å². The summed E-state index contributed by atoms with van der Waals surface area (Å²) in [5, 5.41) is 2.73. The van der Waals surface area contributed by atoms with Gasteiger partial charge in [0.05, 0.1) is 7.11 Å². The number of methoxy groups -OCH3 is 2. The van der Waals surface area contributed by atoms with Crippen LogP contribution in [0.5, 0.6) is 0 Å². The molecular weight excluding hydrogens is 270 g/mol. The first kappa shape index (κ1) is 17.2. The Morgan fingerprint density at radius 3 is 2.29 bits per heavy atom. The van der Waals surface area contributed by atoms with Gasteiger partial charge in [-0.05, 0) is 11.5 Å². The van der Waals surface area contributed by atoms with Crippen LogP contribution in [0.3, 0.4) is 0 Å². The maximum Gasteiger partial charge on any atom is 0.328 e. The molecule has 1 N–H and O–H groups in total. The van der Waals surface area contributed by atoms with Crippen LogP contribution in [0.25, 0.3) is 0 Å². The van der Waals surface area contributed by atoms with Crippen LogP contribution in [0.1, 0.15) is 31.9 Å². The Morgan fingerprint density at radius 2 is 1.81 bits per heavy atom. The van der Waals surface area contributed by atoms with Crippen molar-refractivity contribution in [3.63, 3.8) is 0 Å². The first-order chi connectivity index (χ1) is 10.0. The van der Waals surface area contributed by atoms with Gasteiger partial charge in [-0.15, -0.1) is 0 Å². The van der Waals surface area contributed by atoms with E-state index >= 15 is 0 Å². The standard InChI is InChI=1S/C16H23NO4/c1-5-11(2)13(16(19)21-4)17-15(18)14(20-3)12-9-7-6-8-10-12/h6-11,13-14H,5H2,1-4H3,(H,17,18)/t11-,13-,14+/m1/s1. The van der Waals surface area contributed by atoms with E-state index in [9.17, 15) is 9.59 Å². The lowest BCUT2D eigenvalue weighted by molar-refractivity contribution is -0.148. The number of amides is 1. The first-order valence-electron chi connectivity index (χ1n) is 7.01. The van der Waals surface area contributed by atoms with Crippen molar-refractivity contribution in [1.29, 1.82) is 0 Å². The zero-order valence-electron chi connectivity index (χ0n) is 13.0. The fraction of sp³-hybridized carbons (Fsp3) is 0.500. The Morgan fingerprint density at radius 1 is 1.19 bits per heavy atom. The lowest BCUT2D eigenvalue weighted by Crippen LogP contribution is -2.47. The van der Waals surface area contributed by atoms with Gasteiger partial charge in [0.2, 0.25) is 0 Å². The SMILES string of the molecule is CC[C@@H](C)[C@@H](NC(=O)[C@@H](OC)c1ccccc1)C(=O)OC. The van der Waals surface area contributed by atoms with Gasteiger partial charge in [0.25, 0.3) is 5.91 Å². The van der Waals surface area contributed by atoms with Gasteiger partial charge in [0.15, 0.2) is 6.10 Å². The lowest BCUT2D eigenvalue weighted by atomic mass is 9.98. The second-order valence-electron chi connectivity index (χ2n) is 4.92. The number of carbonyl (C=O) groups is 2. The number of benzene rings is 1. The summed E-state index contributed by atoms with van der Waals surface area (Å²) in [6.45, 7) is 3.85. The summed E-state index contributed by atoms with van der Waals surface area (Å²) in [5.41, 5.74) is 0.741. The van der Waals surface area contributed by atoms with Gasteiger partial charge in [-0.3, -0.25) is 4.79 Å². The predicted molar refractivity (Wildman–Crippen MR) is 79.6 cm³/mol. The first-order valence-corrected chi connectivity index (χ1v) is 7.01. The van der Waals surface area contributed by atoms with Gasteiger partial charge in [-0.1, -0.05) is 50.6 Å². The largest absolute Gasteiger partial charge is 0.467 e. The van der Waals surface area contributed by atoms with Crippen LogP contribution in [0.15, 0.2) is 30.3 Å². The van der Waals surface area contributed by atoms with Crippen molar-refractivity contribution in [3.05, 3.63) is 35.9 Å². The molecule has 3 atom stereocenters. The summed E-state index contributed by atoms with van der Waals surface area (Å²) >= 11 is 0. The molecule has 0 fully saturated rings. The van der Waals surface area contributed by atoms with Gasteiger partial charge in [0, 0.05) is 7.11 Å². The topological polar surface area (TPSA) is 64.6 Å². The number of esters is 1. The Labute approximate surface area is 125 Å². The third-order valence-electron chi connectivity index (χ3n) is 3.54. The molecule has 0 aliphatic carbocycles. The van der Waals surface area contributed by atoms with Crippen LogP contribution in [-0.4, -0.2) is 32.1 Å². The average molecular weight is 293 g/mol. The summed E-state index contributed by atoms with van der Waals surface area (Å²) in [6.07, 6.45) is 0.00524. The smallest absolute Gasteiger partial charge is 0.328 e. The van der Waals surface area contributed by atoms with Crippen molar-refractivity contribution >= 4 is 11.9 Å². The van der Waals surface area contributed by atoms with Gasteiger partial charge in [-0.25, -0.2) is 4.79 Å². The number of ether oxygens (including phenoxy) is 2. The van der Waals surface area contributed by atoms with E-state index in [0.717, 1.165) is 12.0 Å². The minimum Gasteiger partial charge on any atom is -0.467 e. The second-order valence-corrected chi connectivity index (χ2v) is 4.92. The van der Waals surface area contributed by atoms with Gasteiger partial charge < -0.3 is 14.8 Å². The number of hydrogen-bond donors (Lipinski definition) is 1. The Kier molecular flexibility index (Phi) is 6.88. The normalized spacial score (nSPS) is 14.9. The molecule has 1 aromatic carbocycles. The summed E-state index contributed by atoms with van der Waals surface area (Å²) in [5.74, 6) is -0.810. The Balaban J connectivity index is 2.87. The van der Waals surface area contributed by atoms with E-state index in [1.807, 2.05) is 44.2 Å². The molecule has 1 aromatic rings. The summed E-state index contributed by atoms with van der Waals surface area (Å²) < 4.78 is 10.0. The number of rotatable bonds is 7. The fourth-order valence-corrected chi connectivity index (χ4v) is 2.05. The molecule has 116 valence electrons. The van der Waals surface area contributed by atoms with Crippen LogP contribution in [-0.2, 0) is 19.1 Å². The van der Waals surface area contributed by atoms with Gasteiger partial charge in [0.1, 0.15) is 6.04 Å². The highest BCUT2D eigenvalue weighted by Crippen LogP contribution is 2.18. The molecule has 0 heterocycles. The van der Waals surface area contributed by atoms with Crippen LogP contribution in [0.4, 0.5) is 0 Å². The van der Waals surface area contributed by atoms with Crippen molar-refractivity contribution in [1.82, 2.24) is 5.32 Å². The Hall–Kier alpha value is -1.88. The molecule has 0 aliphatic rings. The van der Waals surface area contributed by atoms with Crippen molar-refractivity contribution in [2.24, 2.45) is 5.92 Å². The Bertz CT molecular complexity index is 461. The number of hydrogen-bond acceptors (Lipinski definition) is 4. The average Bonchev–Trinajstić information content (AvgIpc) is 2.52. The highest BCUT2D eigenvalue weighted by Gasteiger charge is 2.30. The molecule has 0 saturated carbocycles. The quantitative estimate of drug-likeness (QED) is 0.782. The molecule has 0 radical (unpaired) electrons. The van der Waals surface area contributed by atoms with Crippen LogP contribution in [0.2, 0.25) is 0 Å². The van der Waals surface area contributed by atoms with E-state index in [1.54, 1.807) is 0 Å². The minimum absolute atomic E-state index is 0.0188. The summed E-state index contributed by atoms with van der Waals surface area (Å²) in [4.78, 5) is 24.2. The highest BCUT2D eigenvalue weighted by molar-refractivity contribution is 5.87. The van der Waals surface area contributed by atoms with Crippen molar-refractivity contribution in [2.75, 3.05) is 14.2 Å². The maximum absolute atomic E-state index is 12.4. The van der Waals surface area contributed by atoms with E-state index in [4.69, 9.17) is 9.47 Å². The monoisotopic (exact) mass is 293 g/mol. The maximum atomic E-state index is 12.4. The van der Waals surface area contributed by atoms with Crippen LogP contribution < -0.4 is 5.32 Å². The zero-order valence-corrected chi connectivity index (χ0v) is 13.0. The molecule has 1 rings (SSSR count). The van der Waals surface area contributed by atoms with E-state index in [2.05, 4.69) is 5.32 Å². The third-order valence-corrected chi connectivity index (χ3v) is 3.54. The summed E-state index contributed by atoms with van der Waals surface area (Å²) in [6, 6.07) is 8.48. The molecule has 0 aromatic heterocycles. The van der Waals surface area contributed by atoms with E-state index in [1.165, 1.54) is 14.2 Å². The summed E-state index contributed by atoms with van der Waals surface area (Å²) in [7, 11) is 2.78. The van der Waals surface area contributed by atoms with Crippen molar-refractivity contribution in [2.45, 2.75) is 32.4 Å². The molecule has 5 heteroatoms. The van der Waals surface area contributed by atoms with Gasteiger partial charge >= 0.3 is 5.97 Å². The van der Waals surface area contributed by atoms with E-state index in [0.29, 0.717) is 0 Å². The molecule has 0 unspecified atom stereocenters. The molecule has 0 spiro atoms. The molecular formula is C16H23NO4. The second kappa shape index (κ2) is 8.42. The van der Waals surface area contributed by atoms with Crippen molar-refractivity contribution < 1.29 is 19.1 Å². The lowest BCUT2D eigenvalue weighted by Gasteiger charge is -2.24. The molecule has 0 saturated heterocycles. The predicted octanol–water partition coefficient (Wildman–Crippen LogP) is 2.08. The zero-order chi connectivity index (χ0) is 15.8. The highest BCUT2D eigenvalue weighted by atomic mass is 16.5. The molecule has 21 heavy (non-hydrogen) atoms. The van der Waals surface area contributed by atoms with Gasteiger partial charge in [-0.2, -0.15) is 0 Å².